The molecule has 2 N–H and O–H groups in total. The van der Waals surface area contributed by atoms with Gasteiger partial charge >= 0.3 is 0 Å². The van der Waals surface area contributed by atoms with E-state index >= 15 is 0 Å². The first kappa shape index (κ1) is 15.2. The van der Waals surface area contributed by atoms with Gasteiger partial charge in [0, 0.05) is 25.2 Å². The number of aromatic hydroxyl groups is 1. The molecule has 0 aromatic heterocycles. The van der Waals surface area contributed by atoms with Crippen LogP contribution in [0.3, 0.4) is 0 Å². The molecule has 120 valence electrons. The van der Waals surface area contributed by atoms with E-state index in [9.17, 15) is 9.18 Å². The zero-order chi connectivity index (χ0) is 15.7. The fourth-order valence-corrected chi connectivity index (χ4v) is 3.27. The summed E-state index contributed by atoms with van der Waals surface area (Å²) < 4.78 is 18.9. The molecule has 3 atom stereocenters. The van der Waals surface area contributed by atoms with Gasteiger partial charge in [-0.25, -0.2) is 4.39 Å². The predicted molar refractivity (Wildman–Crippen MR) is 79.1 cm³/mol. The standard InChI is InChI=1S/C16H21FN2O3/c1-10-7-19-8-12(6-13(19)9-22-10)18-16(21)5-11-2-3-15(20)14(17)4-11/h2-4,10,12-13,20H,5-9H2,1H3,(H,18,21)/t10-,12+,13+/m1/s1. The highest BCUT2D eigenvalue weighted by molar-refractivity contribution is 5.79. The molecule has 6 heteroatoms. The Bertz CT molecular complexity index is 566. The van der Waals surface area contributed by atoms with Gasteiger partial charge in [0.25, 0.3) is 0 Å². The van der Waals surface area contributed by atoms with E-state index in [0.717, 1.165) is 26.1 Å². The van der Waals surface area contributed by atoms with Gasteiger partial charge in [0.15, 0.2) is 11.6 Å². The molecule has 0 radical (unpaired) electrons. The molecule has 3 rings (SSSR count). The molecule has 2 heterocycles. The molecule has 1 amide bonds. The number of hydrogen-bond acceptors (Lipinski definition) is 4. The van der Waals surface area contributed by atoms with Gasteiger partial charge in [-0.05, 0) is 31.0 Å². The number of hydrogen-bond donors (Lipinski definition) is 2. The number of ether oxygens (including phenoxy) is 1. The molecule has 2 aliphatic heterocycles. The number of fused-ring (bicyclic) bond motifs is 1. The van der Waals surface area contributed by atoms with Gasteiger partial charge in [0.05, 0.1) is 19.1 Å². The Morgan fingerprint density at radius 1 is 1.50 bits per heavy atom. The molecule has 0 saturated carbocycles. The van der Waals surface area contributed by atoms with Crippen molar-refractivity contribution >= 4 is 5.91 Å². The van der Waals surface area contributed by atoms with Crippen molar-refractivity contribution in [2.75, 3.05) is 19.7 Å². The average Bonchev–Trinajstić information content (AvgIpc) is 2.84. The van der Waals surface area contributed by atoms with Crippen LogP contribution in [-0.4, -0.2) is 53.8 Å². The lowest BCUT2D eigenvalue weighted by molar-refractivity contribution is -0.121. The first-order valence-corrected chi connectivity index (χ1v) is 7.63. The van der Waals surface area contributed by atoms with E-state index in [1.54, 1.807) is 6.07 Å². The molecular weight excluding hydrogens is 287 g/mol. The molecule has 1 aromatic rings. The maximum absolute atomic E-state index is 13.3. The van der Waals surface area contributed by atoms with Crippen LogP contribution in [-0.2, 0) is 16.0 Å². The van der Waals surface area contributed by atoms with Crippen molar-refractivity contribution in [2.24, 2.45) is 0 Å². The van der Waals surface area contributed by atoms with Crippen LogP contribution in [0.25, 0.3) is 0 Å². The number of carbonyl (C=O) groups is 1. The van der Waals surface area contributed by atoms with Crippen LogP contribution in [0.15, 0.2) is 18.2 Å². The topological polar surface area (TPSA) is 61.8 Å². The summed E-state index contributed by atoms with van der Waals surface area (Å²) in [6.07, 6.45) is 1.25. The number of carbonyl (C=O) groups excluding carboxylic acids is 1. The zero-order valence-electron chi connectivity index (χ0n) is 12.6. The Morgan fingerprint density at radius 3 is 3.09 bits per heavy atom. The third-order valence-corrected chi connectivity index (χ3v) is 4.33. The second kappa shape index (κ2) is 6.22. The van der Waals surface area contributed by atoms with E-state index in [0.29, 0.717) is 11.6 Å². The van der Waals surface area contributed by atoms with Gasteiger partial charge in [0.1, 0.15) is 0 Å². The molecule has 5 nitrogen and oxygen atoms in total. The Balaban J connectivity index is 1.53. The number of phenols is 1. The fourth-order valence-electron chi connectivity index (χ4n) is 3.27. The monoisotopic (exact) mass is 308 g/mol. The number of benzene rings is 1. The summed E-state index contributed by atoms with van der Waals surface area (Å²) in [4.78, 5) is 14.4. The van der Waals surface area contributed by atoms with Crippen LogP contribution >= 0.6 is 0 Å². The fraction of sp³-hybridized carbons (Fsp3) is 0.562. The molecule has 0 aliphatic carbocycles. The van der Waals surface area contributed by atoms with Crippen molar-refractivity contribution in [3.63, 3.8) is 0 Å². The lowest BCUT2D eigenvalue weighted by atomic mass is 10.1. The van der Waals surface area contributed by atoms with E-state index in [2.05, 4.69) is 17.1 Å². The lowest BCUT2D eigenvalue weighted by Gasteiger charge is -2.33. The number of morpholine rings is 1. The summed E-state index contributed by atoms with van der Waals surface area (Å²) in [5.41, 5.74) is 0.556. The van der Waals surface area contributed by atoms with Crippen molar-refractivity contribution < 1.29 is 19.0 Å². The number of nitrogens with one attached hydrogen (secondary N) is 1. The predicted octanol–water partition coefficient (Wildman–Crippen LogP) is 1.05. The van der Waals surface area contributed by atoms with Crippen LogP contribution in [0.1, 0.15) is 18.9 Å². The summed E-state index contributed by atoms with van der Waals surface area (Å²) in [5.74, 6) is -1.22. The second-order valence-electron chi connectivity index (χ2n) is 6.21. The minimum atomic E-state index is -0.700. The molecule has 2 aliphatic rings. The Labute approximate surface area is 129 Å². The largest absolute Gasteiger partial charge is 0.505 e. The summed E-state index contributed by atoms with van der Waals surface area (Å²) in [6, 6.07) is 4.53. The molecule has 2 fully saturated rings. The van der Waals surface area contributed by atoms with Crippen molar-refractivity contribution in [3.8, 4) is 5.75 Å². The van der Waals surface area contributed by atoms with E-state index in [1.165, 1.54) is 12.1 Å². The third kappa shape index (κ3) is 3.39. The normalized spacial score (nSPS) is 28.4. The van der Waals surface area contributed by atoms with Crippen molar-refractivity contribution in [1.29, 1.82) is 0 Å². The third-order valence-electron chi connectivity index (χ3n) is 4.33. The summed E-state index contributed by atoms with van der Waals surface area (Å²) >= 11 is 0. The van der Waals surface area contributed by atoms with Gasteiger partial charge in [-0.1, -0.05) is 6.07 Å². The van der Waals surface area contributed by atoms with Crippen molar-refractivity contribution in [1.82, 2.24) is 10.2 Å². The zero-order valence-corrected chi connectivity index (χ0v) is 12.6. The number of nitrogens with zero attached hydrogens (tertiary/aromatic N) is 1. The maximum atomic E-state index is 13.3. The first-order valence-electron chi connectivity index (χ1n) is 7.63. The Morgan fingerprint density at radius 2 is 2.32 bits per heavy atom. The smallest absolute Gasteiger partial charge is 0.224 e. The van der Waals surface area contributed by atoms with Gasteiger partial charge in [-0.15, -0.1) is 0 Å². The van der Waals surface area contributed by atoms with Gasteiger partial charge in [-0.3, -0.25) is 9.69 Å². The van der Waals surface area contributed by atoms with Crippen LogP contribution in [0.4, 0.5) is 4.39 Å². The number of rotatable bonds is 3. The van der Waals surface area contributed by atoms with Crippen LogP contribution in [0.2, 0.25) is 0 Å². The summed E-state index contributed by atoms with van der Waals surface area (Å²) in [5, 5.41) is 12.2. The molecule has 0 spiro atoms. The van der Waals surface area contributed by atoms with E-state index < -0.39 is 11.6 Å². The molecular formula is C16H21FN2O3. The molecule has 22 heavy (non-hydrogen) atoms. The lowest BCUT2D eigenvalue weighted by Crippen LogP contribution is -2.45. The maximum Gasteiger partial charge on any atom is 0.224 e. The average molecular weight is 308 g/mol. The van der Waals surface area contributed by atoms with Crippen molar-refractivity contribution in [3.05, 3.63) is 29.6 Å². The van der Waals surface area contributed by atoms with Crippen LogP contribution in [0.5, 0.6) is 5.75 Å². The summed E-state index contributed by atoms with van der Waals surface area (Å²) in [7, 11) is 0. The molecule has 0 unspecified atom stereocenters. The van der Waals surface area contributed by atoms with E-state index in [-0.39, 0.29) is 24.5 Å². The Hall–Kier alpha value is -1.66. The summed E-state index contributed by atoms with van der Waals surface area (Å²) in [6.45, 7) is 4.52. The SMILES string of the molecule is C[C@@H]1CN2C[C@@H](NC(=O)Cc3ccc(O)c(F)c3)C[C@H]2CO1. The second-order valence-corrected chi connectivity index (χ2v) is 6.21. The molecule has 1 aromatic carbocycles. The van der Waals surface area contributed by atoms with Gasteiger partial charge < -0.3 is 15.2 Å². The number of halogens is 1. The van der Waals surface area contributed by atoms with Crippen LogP contribution < -0.4 is 5.32 Å². The minimum absolute atomic E-state index is 0.116. The van der Waals surface area contributed by atoms with E-state index in [4.69, 9.17) is 9.84 Å². The highest BCUT2D eigenvalue weighted by Crippen LogP contribution is 2.23. The number of phenolic OH excluding ortho intramolecular Hbond substituents is 1. The van der Waals surface area contributed by atoms with E-state index in [1.807, 2.05) is 0 Å². The number of amides is 1. The quantitative estimate of drug-likeness (QED) is 0.876. The first-order chi connectivity index (χ1) is 10.5. The highest BCUT2D eigenvalue weighted by atomic mass is 19.1. The minimum Gasteiger partial charge on any atom is -0.505 e. The van der Waals surface area contributed by atoms with Gasteiger partial charge in [0.2, 0.25) is 5.91 Å². The van der Waals surface area contributed by atoms with Crippen molar-refractivity contribution in [2.45, 2.75) is 38.0 Å². The Kier molecular flexibility index (Phi) is 4.31. The molecule has 0 bridgehead atoms. The highest BCUT2D eigenvalue weighted by Gasteiger charge is 2.36. The van der Waals surface area contributed by atoms with Gasteiger partial charge in [-0.2, -0.15) is 0 Å². The van der Waals surface area contributed by atoms with Crippen LogP contribution in [0, 0.1) is 5.82 Å². The molecule has 2 saturated heterocycles.